The molecule has 3 N–H and O–H groups in total. The standard InChI is InChI=1S/C13H16F3N3O2/c14-13(15,16)10-5-4-9(11(17)20)12(19-10)21-7-8-3-1-2-6-18-8/h4-5,8,18H,1-3,6-7H2,(H2,17,20). The molecule has 1 atom stereocenters. The molecule has 1 unspecified atom stereocenters. The fourth-order valence-corrected chi connectivity index (χ4v) is 2.14. The van der Waals surface area contributed by atoms with E-state index < -0.39 is 17.8 Å². The molecule has 2 heterocycles. The number of piperidine rings is 1. The van der Waals surface area contributed by atoms with Gasteiger partial charge in [-0.2, -0.15) is 13.2 Å². The zero-order valence-electron chi connectivity index (χ0n) is 11.2. The maximum absolute atomic E-state index is 12.6. The first-order valence-corrected chi connectivity index (χ1v) is 6.62. The Morgan fingerprint density at radius 2 is 2.19 bits per heavy atom. The molecule has 21 heavy (non-hydrogen) atoms. The molecule has 116 valence electrons. The molecule has 1 aromatic rings. The van der Waals surface area contributed by atoms with Gasteiger partial charge in [0.25, 0.3) is 5.91 Å². The highest BCUT2D eigenvalue weighted by Gasteiger charge is 2.33. The highest BCUT2D eigenvalue weighted by molar-refractivity contribution is 5.95. The molecule has 0 aliphatic carbocycles. The molecular weight excluding hydrogens is 287 g/mol. The fourth-order valence-electron chi connectivity index (χ4n) is 2.14. The number of rotatable bonds is 4. The average molecular weight is 303 g/mol. The van der Waals surface area contributed by atoms with Crippen molar-refractivity contribution >= 4 is 5.91 Å². The van der Waals surface area contributed by atoms with Crippen molar-refractivity contribution in [3.05, 3.63) is 23.4 Å². The van der Waals surface area contributed by atoms with Crippen LogP contribution < -0.4 is 15.8 Å². The zero-order valence-corrected chi connectivity index (χ0v) is 11.2. The van der Waals surface area contributed by atoms with E-state index in [9.17, 15) is 18.0 Å². The normalized spacial score (nSPS) is 19.3. The van der Waals surface area contributed by atoms with Crippen LogP contribution in [-0.4, -0.2) is 30.1 Å². The van der Waals surface area contributed by atoms with Crippen LogP contribution in [0.15, 0.2) is 12.1 Å². The number of nitrogens with one attached hydrogen (secondary N) is 1. The number of aromatic nitrogens is 1. The van der Waals surface area contributed by atoms with Crippen molar-refractivity contribution in [1.82, 2.24) is 10.3 Å². The first kappa shape index (κ1) is 15.6. The second-order valence-electron chi connectivity index (χ2n) is 4.87. The first-order valence-electron chi connectivity index (χ1n) is 6.62. The molecule has 1 amide bonds. The quantitative estimate of drug-likeness (QED) is 0.888. The van der Waals surface area contributed by atoms with Crippen LogP contribution in [0.5, 0.6) is 5.88 Å². The fraction of sp³-hybridized carbons (Fsp3) is 0.538. The van der Waals surface area contributed by atoms with E-state index in [1.165, 1.54) is 0 Å². The molecule has 1 aliphatic rings. The van der Waals surface area contributed by atoms with E-state index in [2.05, 4.69) is 10.3 Å². The summed E-state index contributed by atoms with van der Waals surface area (Å²) in [6.45, 7) is 0.987. The van der Waals surface area contributed by atoms with Crippen molar-refractivity contribution in [1.29, 1.82) is 0 Å². The zero-order chi connectivity index (χ0) is 15.5. The summed E-state index contributed by atoms with van der Waals surface area (Å²) in [5.74, 6) is -1.24. The Bertz CT molecular complexity index is 514. The Balaban J connectivity index is 2.16. The molecule has 5 nitrogen and oxygen atoms in total. The second kappa shape index (κ2) is 6.30. The number of carbonyl (C=O) groups excluding carboxylic acids is 1. The number of alkyl halides is 3. The van der Waals surface area contributed by atoms with Crippen molar-refractivity contribution in [2.24, 2.45) is 5.73 Å². The Morgan fingerprint density at radius 1 is 1.43 bits per heavy atom. The van der Waals surface area contributed by atoms with Gasteiger partial charge in [0.15, 0.2) is 0 Å². The van der Waals surface area contributed by atoms with Crippen LogP contribution in [0.1, 0.15) is 35.3 Å². The minimum atomic E-state index is -4.60. The average Bonchev–Trinajstić information content (AvgIpc) is 2.45. The van der Waals surface area contributed by atoms with Crippen LogP contribution in [0, 0.1) is 0 Å². The molecule has 1 aliphatic heterocycles. The molecule has 1 saturated heterocycles. The third-order valence-corrected chi connectivity index (χ3v) is 3.25. The highest BCUT2D eigenvalue weighted by Crippen LogP contribution is 2.30. The van der Waals surface area contributed by atoms with Gasteiger partial charge < -0.3 is 15.8 Å². The van der Waals surface area contributed by atoms with Crippen molar-refractivity contribution < 1.29 is 22.7 Å². The largest absolute Gasteiger partial charge is 0.475 e. The number of amides is 1. The number of nitrogens with zero attached hydrogens (tertiary/aromatic N) is 1. The Morgan fingerprint density at radius 3 is 2.76 bits per heavy atom. The van der Waals surface area contributed by atoms with Crippen molar-refractivity contribution in [2.45, 2.75) is 31.5 Å². The summed E-state index contributed by atoms with van der Waals surface area (Å²) in [6.07, 6.45) is -1.65. The van der Waals surface area contributed by atoms with Gasteiger partial charge >= 0.3 is 6.18 Å². The van der Waals surface area contributed by atoms with E-state index in [0.717, 1.165) is 31.9 Å². The Hall–Kier alpha value is -1.83. The lowest BCUT2D eigenvalue weighted by Gasteiger charge is -2.23. The predicted molar refractivity (Wildman–Crippen MR) is 68.9 cm³/mol. The van der Waals surface area contributed by atoms with Gasteiger partial charge in [0.2, 0.25) is 5.88 Å². The number of hydrogen-bond acceptors (Lipinski definition) is 4. The van der Waals surface area contributed by atoms with Crippen LogP contribution in [0.3, 0.4) is 0 Å². The maximum atomic E-state index is 12.6. The lowest BCUT2D eigenvalue weighted by molar-refractivity contribution is -0.141. The summed E-state index contributed by atoms with van der Waals surface area (Å²) in [5.41, 5.74) is 3.86. The van der Waals surface area contributed by atoms with E-state index in [-0.39, 0.29) is 24.1 Å². The molecule has 0 spiro atoms. The molecular formula is C13H16F3N3O2. The minimum Gasteiger partial charge on any atom is -0.475 e. The molecule has 0 bridgehead atoms. The van der Waals surface area contributed by atoms with Gasteiger partial charge in [0, 0.05) is 6.04 Å². The summed E-state index contributed by atoms with van der Waals surface area (Å²) in [4.78, 5) is 14.6. The van der Waals surface area contributed by atoms with E-state index in [0.29, 0.717) is 6.07 Å². The monoisotopic (exact) mass is 303 g/mol. The number of halogens is 3. The Kier molecular flexibility index (Phi) is 4.66. The second-order valence-corrected chi connectivity index (χ2v) is 4.87. The van der Waals surface area contributed by atoms with E-state index in [1.54, 1.807) is 0 Å². The van der Waals surface area contributed by atoms with Gasteiger partial charge in [-0.05, 0) is 31.5 Å². The number of carbonyl (C=O) groups is 1. The molecule has 0 saturated carbocycles. The van der Waals surface area contributed by atoms with Crippen LogP contribution in [0.25, 0.3) is 0 Å². The maximum Gasteiger partial charge on any atom is 0.433 e. The van der Waals surface area contributed by atoms with Gasteiger partial charge in [-0.25, -0.2) is 4.98 Å². The van der Waals surface area contributed by atoms with Gasteiger partial charge in [-0.15, -0.1) is 0 Å². The predicted octanol–water partition coefficient (Wildman–Crippen LogP) is 1.72. The number of nitrogens with two attached hydrogens (primary N) is 1. The van der Waals surface area contributed by atoms with Crippen molar-refractivity contribution in [3.8, 4) is 5.88 Å². The van der Waals surface area contributed by atoms with Crippen LogP contribution in [0.2, 0.25) is 0 Å². The van der Waals surface area contributed by atoms with Gasteiger partial charge in [0.1, 0.15) is 17.9 Å². The van der Waals surface area contributed by atoms with E-state index >= 15 is 0 Å². The molecule has 0 aromatic carbocycles. The summed E-state index contributed by atoms with van der Waals surface area (Å²) in [5, 5.41) is 3.19. The first-order chi connectivity index (χ1) is 9.88. The number of pyridine rings is 1. The summed E-state index contributed by atoms with van der Waals surface area (Å²) in [7, 11) is 0. The van der Waals surface area contributed by atoms with E-state index in [1.807, 2.05) is 0 Å². The van der Waals surface area contributed by atoms with Gasteiger partial charge in [-0.3, -0.25) is 4.79 Å². The van der Waals surface area contributed by atoms with Crippen LogP contribution in [0.4, 0.5) is 13.2 Å². The van der Waals surface area contributed by atoms with Crippen LogP contribution >= 0.6 is 0 Å². The van der Waals surface area contributed by atoms with Crippen LogP contribution in [-0.2, 0) is 6.18 Å². The third kappa shape index (κ3) is 4.07. The molecule has 2 rings (SSSR count). The molecule has 8 heteroatoms. The molecule has 1 fully saturated rings. The molecule has 0 radical (unpaired) electrons. The summed E-state index contributed by atoms with van der Waals surface area (Å²) >= 11 is 0. The van der Waals surface area contributed by atoms with Gasteiger partial charge in [-0.1, -0.05) is 6.42 Å². The van der Waals surface area contributed by atoms with Gasteiger partial charge in [0.05, 0.1) is 0 Å². The lowest BCUT2D eigenvalue weighted by atomic mass is 10.1. The lowest BCUT2D eigenvalue weighted by Crippen LogP contribution is -2.38. The number of ether oxygens (including phenoxy) is 1. The number of primary amides is 1. The molecule has 1 aromatic heterocycles. The summed E-state index contributed by atoms with van der Waals surface area (Å²) < 4.78 is 43.2. The van der Waals surface area contributed by atoms with Crippen molar-refractivity contribution in [2.75, 3.05) is 13.2 Å². The summed E-state index contributed by atoms with van der Waals surface area (Å²) in [6, 6.07) is 1.74. The topological polar surface area (TPSA) is 77.2 Å². The smallest absolute Gasteiger partial charge is 0.433 e. The third-order valence-electron chi connectivity index (χ3n) is 3.25. The van der Waals surface area contributed by atoms with Crippen molar-refractivity contribution in [3.63, 3.8) is 0 Å². The number of hydrogen-bond donors (Lipinski definition) is 2. The highest BCUT2D eigenvalue weighted by atomic mass is 19.4. The minimum absolute atomic E-state index is 0.0378. The Labute approximate surface area is 119 Å². The van der Waals surface area contributed by atoms with E-state index in [4.69, 9.17) is 10.5 Å². The SMILES string of the molecule is NC(=O)c1ccc(C(F)(F)F)nc1OCC1CCCCN1.